The van der Waals surface area contributed by atoms with Crippen LogP contribution in [0, 0.1) is 0 Å². The van der Waals surface area contributed by atoms with Crippen LogP contribution in [0.25, 0.3) is 0 Å². The number of aryl methyl sites for hydroxylation is 1. The third-order valence-electron chi connectivity index (χ3n) is 5.38. The summed E-state index contributed by atoms with van der Waals surface area (Å²) in [5, 5.41) is 5.05. The number of thiophene rings is 1. The Morgan fingerprint density at radius 2 is 1.71 bits per heavy atom. The van der Waals surface area contributed by atoms with E-state index in [2.05, 4.69) is 24.1 Å². The van der Waals surface area contributed by atoms with Crippen molar-refractivity contribution in [2.45, 2.75) is 84.5 Å². The molecule has 1 aliphatic carbocycles. The van der Waals surface area contributed by atoms with Crippen molar-refractivity contribution in [3.8, 4) is 0 Å². The molecule has 0 unspecified atom stereocenters. The average Bonchev–Trinajstić information content (AvgIpc) is 2.86. The summed E-state index contributed by atoms with van der Waals surface area (Å²) in [4.78, 5) is 16.2. The highest BCUT2D eigenvalue weighted by molar-refractivity contribution is 7.80. The lowest BCUT2D eigenvalue weighted by atomic mass is 10.1. The van der Waals surface area contributed by atoms with E-state index in [1.54, 1.807) is 11.3 Å². The number of unbranched alkanes of at least 4 members (excludes halogenated alkanes) is 4. The van der Waals surface area contributed by atoms with Gasteiger partial charge in [0.1, 0.15) is 5.00 Å². The second kappa shape index (κ2) is 12.4. The molecule has 0 fully saturated rings. The first-order valence-electron chi connectivity index (χ1n) is 10.9. The SMILES string of the molecule is CCCCCN(CCCCC)C(=S)Nc1sc2c(c1C(=O)OC)CCCCC2. The van der Waals surface area contributed by atoms with E-state index in [-0.39, 0.29) is 5.97 Å². The molecule has 1 aromatic heterocycles. The van der Waals surface area contributed by atoms with Gasteiger partial charge >= 0.3 is 5.97 Å². The number of ether oxygens (including phenoxy) is 1. The molecule has 0 aromatic carbocycles. The smallest absolute Gasteiger partial charge is 0.341 e. The normalized spacial score (nSPS) is 13.5. The lowest BCUT2D eigenvalue weighted by molar-refractivity contribution is 0.0601. The van der Waals surface area contributed by atoms with Gasteiger partial charge in [0.2, 0.25) is 0 Å². The van der Waals surface area contributed by atoms with E-state index >= 15 is 0 Å². The van der Waals surface area contributed by atoms with Crippen molar-refractivity contribution in [2.75, 3.05) is 25.5 Å². The predicted octanol–water partition coefficient (Wildman–Crippen LogP) is 6.18. The van der Waals surface area contributed by atoms with Gasteiger partial charge in [-0.15, -0.1) is 11.3 Å². The molecular formula is C22H36N2O2S2. The molecule has 1 aromatic rings. The third kappa shape index (κ3) is 6.45. The molecule has 0 bridgehead atoms. The van der Waals surface area contributed by atoms with Gasteiger partial charge in [-0.05, 0) is 56.3 Å². The summed E-state index contributed by atoms with van der Waals surface area (Å²) in [5.74, 6) is -0.242. The van der Waals surface area contributed by atoms with Crippen LogP contribution in [0.3, 0.4) is 0 Å². The maximum absolute atomic E-state index is 12.5. The van der Waals surface area contributed by atoms with E-state index in [0.717, 1.165) is 55.3 Å². The van der Waals surface area contributed by atoms with Crippen LogP contribution in [0.2, 0.25) is 0 Å². The number of rotatable bonds is 10. The van der Waals surface area contributed by atoms with Crippen LogP contribution in [0.15, 0.2) is 0 Å². The Balaban J connectivity index is 2.17. The second-order valence-electron chi connectivity index (χ2n) is 7.59. The summed E-state index contributed by atoms with van der Waals surface area (Å²) in [6, 6.07) is 0. The van der Waals surface area contributed by atoms with Crippen LogP contribution in [-0.4, -0.2) is 36.2 Å². The molecular weight excluding hydrogens is 388 g/mol. The van der Waals surface area contributed by atoms with Crippen LogP contribution in [0.5, 0.6) is 0 Å². The van der Waals surface area contributed by atoms with Crippen molar-refractivity contribution in [2.24, 2.45) is 0 Å². The molecule has 4 nitrogen and oxygen atoms in total. The summed E-state index contributed by atoms with van der Waals surface area (Å²) in [6.45, 7) is 6.39. The number of esters is 1. The minimum atomic E-state index is -0.242. The molecule has 0 amide bonds. The van der Waals surface area contributed by atoms with E-state index in [9.17, 15) is 4.79 Å². The number of carbonyl (C=O) groups is 1. The average molecular weight is 425 g/mol. The Morgan fingerprint density at radius 3 is 2.32 bits per heavy atom. The zero-order chi connectivity index (χ0) is 20.4. The molecule has 6 heteroatoms. The lowest BCUT2D eigenvalue weighted by Gasteiger charge is -2.26. The number of nitrogens with zero attached hydrogens (tertiary/aromatic N) is 1. The van der Waals surface area contributed by atoms with Gasteiger partial charge in [-0.25, -0.2) is 4.79 Å². The first-order valence-corrected chi connectivity index (χ1v) is 12.1. The molecule has 0 spiro atoms. The quantitative estimate of drug-likeness (QED) is 0.210. The number of thiocarbonyl (C=S) groups is 1. The fourth-order valence-electron chi connectivity index (χ4n) is 3.75. The molecule has 1 aliphatic rings. The fraction of sp³-hybridized carbons (Fsp3) is 0.727. The third-order valence-corrected chi connectivity index (χ3v) is 6.95. The number of carbonyl (C=O) groups excluding carboxylic acids is 1. The first kappa shape index (κ1) is 23.1. The number of hydrogen-bond acceptors (Lipinski definition) is 4. The fourth-order valence-corrected chi connectivity index (χ4v) is 5.37. The summed E-state index contributed by atoms with van der Waals surface area (Å²) in [5.41, 5.74) is 1.90. The Morgan fingerprint density at radius 1 is 1.07 bits per heavy atom. The van der Waals surface area contributed by atoms with Crippen molar-refractivity contribution in [3.63, 3.8) is 0 Å². The molecule has 1 heterocycles. The molecule has 0 atom stereocenters. The molecule has 1 N–H and O–H groups in total. The van der Waals surface area contributed by atoms with Gasteiger partial charge in [0.25, 0.3) is 0 Å². The zero-order valence-electron chi connectivity index (χ0n) is 17.8. The van der Waals surface area contributed by atoms with Crippen LogP contribution >= 0.6 is 23.6 Å². The number of fused-ring (bicyclic) bond motifs is 1. The summed E-state index contributed by atoms with van der Waals surface area (Å²) in [6.07, 6.45) is 12.7. The maximum atomic E-state index is 12.5. The largest absolute Gasteiger partial charge is 0.465 e. The topological polar surface area (TPSA) is 41.6 Å². The zero-order valence-corrected chi connectivity index (χ0v) is 19.4. The highest BCUT2D eigenvalue weighted by Gasteiger charge is 2.26. The highest BCUT2D eigenvalue weighted by atomic mass is 32.1. The van der Waals surface area contributed by atoms with Crippen LogP contribution in [-0.2, 0) is 17.6 Å². The Hall–Kier alpha value is -1.14. The van der Waals surface area contributed by atoms with Crippen molar-refractivity contribution >= 4 is 39.6 Å². The number of anilines is 1. The standard InChI is InChI=1S/C22H36N2O2S2/c1-4-6-11-15-24(16-12-7-5-2)22(27)23-20-19(21(25)26-3)17-13-9-8-10-14-18(17)28-20/h4-16H2,1-3H3,(H,23,27). The second-order valence-corrected chi connectivity index (χ2v) is 9.08. The van der Waals surface area contributed by atoms with Crippen LogP contribution in [0.4, 0.5) is 5.00 Å². The van der Waals surface area contributed by atoms with Gasteiger partial charge in [-0.1, -0.05) is 46.0 Å². The number of hydrogen-bond donors (Lipinski definition) is 1. The Bertz CT molecular complexity index is 633. The summed E-state index contributed by atoms with van der Waals surface area (Å²) in [7, 11) is 1.47. The molecule has 0 radical (unpaired) electrons. The molecule has 2 rings (SSSR count). The Kier molecular flexibility index (Phi) is 10.3. The molecule has 0 saturated heterocycles. The van der Waals surface area contributed by atoms with E-state index in [1.165, 1.54) is 56.1 Å². The van der Waals surface area contributed by atoms with Gasteiger partial charge in [0.05, 0.1) is 12.7 Å². The summed E-state index contributed by atoms with van der Waals surface area (Å²) >= 11 is 7.47. The van der Waals surface area contributed by atoms with E-state index in [1.807, 2.05) is 0 Å². The number of methoxy groups -OCH3 is 1. The van der Waals surface area contributed by atoms with E-state index in [4.69, 9.17) is 17.0 Å². The van der Waals surface area contributed by atoms with Crippen LogP contribution < -0.4 is 5.32 Å². The molecule has 158 valence electrons. The predicted molar refractivity (Wildman–Crippen MR) is 124 cm³/mol. The van der Waals surface area contributed by atoms with Gasteiger partial charge in [-0.3, -0.25) is 0 Å². The van der Waals surface area contributed by atoms with Gasteiger partial charge in [-0.2, -0.15) is 0 Å². The molecule has 28 heavy (non-hydrogen) atoms. The number of nitrogens with one attached hydrogen (secondary N) is 1. The minimum Gasteiger partial charge on any atom is -0.465 e. The maximum Gasteiger partial charge on any atom is 0.341 e. The first-order chi connectivity index (χ1) is 13.6. The van der Waals surface area contributed by atoms with E-state index in [0.29, 0.717) is 5.56 Å². The van der Waals surface area contributed by atoms with Gasteiger partial charge < -0.3 is 15.0 Å². The van der Waals surface area contributed by atoms with Gasteiger partial charge in [0.15, 0.2) is 5.11 Å². The highest BCUT2D eigenvalue weighted by Crippen LogP contribution is 2.38. The van der Waals surface area contributed by atoms with Crippen molar-refractivity contribution in [1.29, 1.82) is 0 Å². The lowest BCUT2D eigenvalue weighted by Crippen LogP contribution is -2.36. The van der Waals surface area contributed by atoms with Crippen molar-refractivity contribution < 1.29 is 9.53 Å². The summed E-state index contributed by atoms with van der Waals surface area (Å²) < 4.78 is 5.11. The monoisotopic (exact) mass is 424 g/mol. The van der Waals surface area contributed by atoms with E-state index < -0.39 is 0 Å². The molecule has 0 aliphatic heterocycles. The van der Waals surface area contributed by atoms with Crippen molar-refractivity contribution in [3.05, 3.63) is 16.0 Å². The van der Waals surface area contributed by atoms with Crippen molar-refractivity contribution in [1.82, 2.24) is 4.90 Å². The van der Waals surface area contributed by atoms with Crippen LogP contribution in [0.1, 0.15) is 92.4 Å². The van der Waals surface area contributed by atoms with Gasteiger partial charge in [0, 0.05) is 18.0 Å². The molecule has 0 saturated carbocycles. The Labute approximate surface area is 180 Å². The minimum absolute atomic E-state index is 0.242.